The van der Waals surface area contributed by atoms with E-state index in [9.17, 15) is 9.18 Å². The van der Waals surface area contributed by atoms with Crippen LogP contribution in [0.25, 0.3) is 0 Å². The third-order valence-electron chi connectivity index (χ3n) is 3.59. The van der Waals surface area contributed by atoms with Crippen LogP contribution in [0.3, 0.4) is 0 Å². The number of carbonyl (C=O) groups is 1. The fourth-order valence-corrected chi connectivity index (χ4v) is 2.61. The molecule has 0 aliphatic heterocycles. The fraction of sp³-hybridized carbons (Fsp3) is 0.200. The third kappa shape index (κ3) is 3.64. The van der Waals surface area contributed by atoms with Crippen LogP contribution in [-0.4, -0.2) is 30.5 Å². The Morgan fingerprint density at radius 2 is 2.08 bits per heavy atom. The zero-order chi connectivity index (χ0) is 18.1. The van der Waals surface area contributed by atoms with Crippen LogP contribution < -0.4 is 5.32 Å². The summed E-state index contributed by atoms with van der Waals surface area (Å²) in [6.07, 6.45) is 1.43. The Morgan fingerprint density at radius 3 is 2.72 bits per heavy atom. The van der Waals surface area contributed by atoms with Crippen LogP contribution in [0.1, 0.15) is 21.7 Å². The van der Waals surface area contributed by atoms with E-state index in [0.29, 0.717) is 11.3 Å². The number of rotatable bonds is 4. The molecule has 0 spiro atoms. The molecule has 10 heteroatoms. The zero-order valence-corrected chi connectivity index (χ0v) is 14.8. The SMILES string of the molecule is Cc1c(Cl)c(C(=O)Nc2ncn(Cc3ccc(F)cc3Cl)n2)nn1C. The summed E-state index contributed by atoms with van der Waals surface area (Å²) in [5.74, 6) is -0.823. The molecule has 2 heterocycles. The molecule has 130 valence electrons. The van der Waals surface area contributed by atoms with Gasteiger partial charge in [0.25, 0.3) is 5.91 Å². The first kappa shape index (κ1) is 17.4. The maximum absolute atomic E-state index is 13.1. The van der Waals surface area contributed by atoms with E-state index in [1.807, 2.05) is 0 Å². The second-order valence-electron chi connectivity index (χ2n) is 5.33. The number of nitrogens with zero attached hydrogens (tertiary/aromatic N) is 5. The van der Waals surface area contributed by atoms with Gasteiger partial charge in [-0.2, -0.15) is 5.10 Å². The normalized spacial score (nSPS) is 10.9. The smallest absolute Gasteiger partial charge is 0.280 e. The Hall–Kier alpha value is -2.45. The standard InChI is InChI=1S/C15H13Cl2FN6O/c1-8-12(17)13(21-23(8)2)14(25)20-15-19-7-24(22-15)6-9-3-4-10(18)5-11(9)16/h3-5,7H,6H2,1-2H3,(H,20,22,25). The molecule has 0 saturated carbocycles. The van der Waals surface area contributed by atoms with Crippen LogP contribution in [0.2, 0.25) is 10.0 Å². The molecule has 0 aliphatic rings. The molecule has 0 saturated heterocycles. The van der Waals surface area contributed by atoms with Crippen LogP contribution in [0.15, 0.2) is 24.5 Å². The summed E-state index contributed by atoms with van der Waals surface area (Å²) in [6, 6.07) is 4.10. The van der Waals surface area contributed by atoms with Gasteiger partial charge < -0.3 is 0 Å². The van der Waals surface area contributed by atoms with E-state index in [4.69, 9.17) is 23.2 Å². The lowest BCUT2D eigenvalue weighted by atomic mass is 10.2. The van der Waals surface area contributed by atoms with Crippen molar-refractivity contribution >= 4 is 35.1 Å². The first-order valence-electron chi connectivity index (χ1n) is 7.19. The lowest BCUT2D eigenvalue weighted by Crippen LogP contribution is -2.15. The lowest BCUT2D eigenvalue weighted by molar-refractivity contribution is 0.102. The van der Waals surface area contributed by atoms with Crippen molar-refractivity contribution in [3.05, 3.63) is 57.3 Å². The first-order valence-corrected chi connectivity index (χ1v) is 7.94. The Bertz CT molecular complexity index is 952. The number of aryl methyl sites for hydroxylation is 1. The summed E-state index contributed by atoms with van der Waals surface area (Å²) in [6.45, 7) is 2.04. The average molecular weight is 383 g/mol. The van der Waals surface area contributed by atoms with Gasteiger partial charge in [0.05, 0.1) is 17.3 Å². The van der Waals surface area contributed by atoms with Crippen molar-refractivity contribution in [2.24, 2.45) is 7.05 Å². The van der Waals surface area contributed by atoms with E-state index in [1.165, 1.54) is 27.8 Å². The Kier molecular flexibility index (Phi) is 4.73. The highest BCUT2D eigenvalue weighted by Crippen LogP contribution is 2.20. The van der Waals surface area contributed by atoms with Crippen molar-refractivity contribution in [2.45, 2.75) is 13.5 Å². The van der Waals surface area contributed by atoms with Crippen LogP contribution in [0.4, 0.5) is 10.3 Å². The van der Waals surface area contributed by atoms with Gasteiger partial charge in [-0.3, -0.25) is 14.8 Å². The van der Waals surface area contributed by atoms with Gasteiger partial charge in [-0.05, 0) is 24.6 Å². The molecular weight excluding hydrogens is 370 g/mol. The highest BCUT2D eigenvalue weighted by molar-refractivity contribution is 6.34. The largest absolute Gasteiger partial charge is 0.288 e. The molecule has 3 aromatic rings. The van der Waals surface area contributed by atoms with Gasteiger partial charge in [0, 0.05) is 12.1 Å². The van der Waals surface area contributed by atoms with E-state index < -0.39 is 11.7 Å². The first-order chi connectivity index (χ1) is 11.8. The molecule has 0 atom stereocenters. The molecule has 25 heavy (non-hydrogen) atoms. The number of halogens is 3. The van der Waals surface area contributed by atoms with Gasteiger partial charge in [-0.1, -0.05) is 29.3 Å². The number of carbonyl (C=O) groups excluding carboxylic acids is 1. The van der Waals surface area contributed by atoms with Crippen molar-refractivity contribution in [3.8, 4) is 0 Å². The Balaban J connectivity index is 1.73. The number of nitrogens with one attached hydrogen (secondary N) is 1. The summed E-state index contributed by atoms with van der Waals surface area (Å²) in [7, 11) is 1.69. The number of anilines is 1. The number of hydrogen-bond donors (Lipinski definition) is 1. The third-order valence-corrected chi connectivity index (χ3v) is 4.39. The molecule has 3 rings (SSSR count). The molecule has 0 bridgehead atoms. The number of aromatic nitrogens is 5. The van der Waals surface area contributed by atoms with Crippen molar-refractivity contribution in [3.63, 3.8) is 0 Å². The van der Waals surface area contributed by atoms with E-state index in [-0.39, 0.29) is 28.2 Å². The minimum Gasteiger partial charge on any atom is -0.288 e. The second-order valence-corrected chi connectivity index (χ2v) is 6.11. The van der Waals surface area contributed by atoms with Crippen LogP contribution >= 0.6 is 23.2 Å². The minimum atomic E-state index is -0.508. The summed E-state index contributed by atoms with van der Waals surface area (Å²) >= 11 is 12.1. The van der Waals surface area contributed by atoms with Gasteiger partial charge in [0.15, 0.2) is 5.69 Å². The zero-order valence-electron chi connectivity index (χ0n) is 13.3. The van der Waals surface area contributed by atoms with Crippen molar-refractivity contribution in [1.29, 1.82) is 0 Å². The van der Waals surface area contributed by atoms with Crippen molar-refractivity contribution in [1.82, 2.24) is 24.5 Å². The van der Waals surface area contributed by atoms with Gasteiger partial charge in [0.1, 0.15) is 12.1 Å². The van der Waals surface area contributed by atoms with Gasteiger partial charge in [-0.15, -0.1) is 5.10 Å². The molecule has 1 N–H and O–H groups in total. The van der Waals surface area contributed by atoms with Crippen LogP contribution in [-0.2, 0) is 13.6 Å². The minimum absolute atomic E-state index is 0.0968. The quantitative estimate of drug-likeness (QED) is 0.751. The topological polar surface area (TPSA) is 77.6 Å². The molecule has 7 nitrogen and oxygen atoms in total. The van der Waals surface area contributed by atoms with E-state index in [1.54, 1.807) is 20.0 Å². The second kappa shape index (κ2) is 6.81. The predicted octanol–water partition coefficient (Wildman–Crippen LogP) is 3.07. The van der Waals surface area contributed by atoms with Gasteiger partial charge in [0.2, 0.25) is 5.95 Å². The van der Waals surface area contributed by atoms with Crippen molar-refractivity contribution < 1.29 is 9.18 Å². The number of amides is 1. The monoisotopic (exact) mass is 382 g/mol. The number of hydrogen-bond acceptors (Lipinski definition) is 4. The van der Waals surface area contributed by atoms with Gasteiger partial charge in [-0.25, -0.2) is 14.1 Å². The molecule has 2 aromatic heterocycles. The lowest BCUT2D eigenvalue weighted by Gasteiger charge is -2.04. The molecule has 0 unspecified atom stereocenters. The average Bonchev–Trinajstić information content (AvgIpc) is 3.10. The maximum Gasteiger partial charge on any atom is 0.280 e. The summed E-state index contributed by atoms with van der Waals surface area (Å²) < 4.78 is 16.1. The maximum atomic E-state index is 13.1. The van der Waals surface area contributed by atoms with Crippen LogP contribution in [0, 0.1) is 12.7 Å². The molecule has 1 aromatic carbocycles. The molecular formula is C15H13Cl2FN6O. The highest BCUT2D eigenvalue weighted by Gasteiger charge is 2.19. The van der Waals surface area contributed by atoms with Crippen LogP contribution in [0.5, 0.6) is 0 Å². The van der Waals surface area contributed by atoms with Crippen molar-refractivity contribution in [2.75, 3.05) is 5.32 Å². The fourth-order valence-electron chi connectivity index (χ4n) is 2.14. The van der Waals surface area contributed by atoms with E-state index >= 15 is 0 Å². The summed E-state index contributed by atoms with van der Waals surface area (Å²) in [5.41, 5.74) is 1.45. The Labute approximate surface area is 152 Å². The molecule has 1 amide bonds. The summed E-state index contributed by atoms with van der Waals surface area (Å²) in [4.78, 5) is 16.2. The molecule has 0 radical (unpaired) electrons. The summed E-state index contributed by atoms with van der Waals surface area (Å²) in [5, 5.41) is 11.3. The Morgan fingerprint density at radius 1 is 1.32 bits per heavy atom. The molecule has 0 aliphatic carbocycles. The van der Waals surface area contributed by atoms with E-state index in [0.717, 1.165) is 0 Å². The number of benzene rings is 1. The van der Waals surface area contributed by atoms with Gasteiger partial charge >= 0.3 is 0 Å². The highest BCUT2D eigenvalue weighted by atomic mass is 35.5. The molecule has 0 fully saturated rings. The predicted molar refractivity (Wildman–Crippen MR) is 91.4 cm³/mol. The van der Waals surface area contributed by atoms with E-state index in [2.05, 4.69) is 20.5 Å².